The van der Waals surface area contributed by atoms with Crippen LogP contribution in [0.15, 0.2) is 23.4 Å². The largest absolute Gasteiger partial charge is 0.483 e. The first kappa shape index (κ1) is 29.2. The minimum atomic E-state index is -0.292. The predicted molar refractivity (Wildman–Crippen MR) is 159 cm³/mol. The number of aromatic nitrogens is 3. The molecule has 0 bridgehead atoms. The van der Waals surface area contributed by atoms with Gasteiger partial charge in [-0.2, -0.15) is 5.26 Å². The van der Waals surface area contributed by atoms with Crippen LogP contribution in [0.5, 0.6) is 5.75 Å². The van der Waals surface area contributed by atoms with Gasteiger partial charge in [0, 0.05) is 11.4 Å². The topological polar surface area (TPSA) is 92.8 Å². The van der Waals surface area contributed by atoms with Crippen molar-refractivity contribution in [3.8, 4) is 11.8 Å². The molecule has 1 amide bonds. The molecular formula is C30H39N5O2S2. The highest BCUT2D eigenvalue weighted by Crippen LogP contribution is 2.45. The maximum absolute atomic E-state index is 13.0. The van der Waals surface area contributed by atoms with Crippen molar-refractivity contribution in [1.82, 2.24) is 14.8 Å². The van der Waals surface area contributed by atoms with Gasteiger partial charge in [-0.25, -0.2) is 0 Å². The second-order valence-corrected chi connectivity index (χ2v) is 13.1. The molecule has 0 radical (unpaired) electrons. The van der Waals surface area contributed by atoms with Crippen LogP contribution in [0.1, 0.15) is 86.5 Å². The van der Waals surface area contributed by atoms with E-state index in [0.29, 0.717) is 28.2 Å². The second-order valence-electron chi connectivity index (χ2n) is 11.0. The molecular weight excluding hydrogens is 526 g/mol. The Labute approximate surface area is 240 Å². The van der Waals surface area contributed by atoms with E-state index in [4.69, 9.17) is 4.74 Å². The van der Waals surface area contributed by atoms with Gasteiger partial charge in [-0.05, 0) is 87.1 Å². The standard InChI is InChI=1S/C30H39N5O2S2/c1-8-30(6,7)21-11-13-23-24(16-31)28(39-25(23)15-21)32-26(36)17-38-29-34-33-27(35(29)9-2)20(5)37-22-12-10-18(3)19(4)14-22/h10,12,14,20-21H,8-9,11,13,15,17H2,1-7H3,(H,32,36). The lowest BCUT2D eigenvalue weighted by Crippen LogP contribution is -2.28. The molecule has 2 unspecified atom stereocenters. The van der Waals surface area contributed by atoms with E-state index in [1.54, 1.807) is 11.3 Å². The lowest BCUT2D eigenvalue weighted by Gasteiger charge is -2.36. The summed E-state index contributed by atoms with van der Waals surface area (Å²) in [5, 5.41) is 23.0. The lowest BCUT2D eigenvalue weighted by atomic mass is 9.69. The first-order valence-corrected chi connectivity index (χ1v) is 15.5. The number of nitriles is 1. The number of aryl methyl sites for hydroxylation is 2. The summed E-state index contributed by atoms with van der Waals surface area (Å²) in [4.78, 5) is 14.2. The van der Waals surface area contributed by atoms with Crippen LogP contribution in [-0.4, -0.2) is 26.4 Å². The molecule has 0 saturated heterocycles. The van der Waals surface area contributed by atoms with Crippen LogP contribution in [0.2, 0.25) is 0 Å². The number of hydrogen-bond acceptors (Lipinski definition) is 7. The van der Waals surface area contributed by atoms with Crippen LogP contribution in [0.4, 0.5) is 5.00 Å². The Morgan fingerprint density at radius 1 is 1.31 bits per heavy atom. The number of thiophene rings is 1. The number of carbonyl (C=O) groups is 1. The molecule has 2 atom stereocenters. The van der Waals surface area contributed by atoms with Gasteiger partial charge in [0.15, 0.2) is 17.1 Å². The van der Waals surface area contributed by atoms with E-state index in [9.17, 15) is 10.1 Å². The summed E-state index contributed by atoms with van der Waals surface area (Å²) in [6.45, 7) is 15.7. The fourth-order valence-electron chi connectivity index (χ4n) is 5.09. The number of nitrogens with one attached hydrogen (secondary N) is 1. The third-order valence-corrected chi connectivity index (χ3v) is 10.3. The fourth-order valence-corrected chi connectivity index (χ4v) is 7.19. The van der Waals surface area contributed by atoms with Crippen molar-refractivity contribution in [3.63, 3.8) is 0 Å². The number of ether oxygens (including phenoxy) is 1. The monoisotopic (exact) mass is 565 g/mol. The zero-order chi connectivity index (χ0) is 28.3. The van der Waals surface area contributed by atoms with Crippen molar-refractivity contribution in [1.29, 1.82) is 5.26 Å². The van der Waals surface area contributed by atoms with Gasteiger partial charge in [-0.1, -0.05) is 45.0 Å². The number of carbonyl (C=O) groups excluding carboxylic acids is 1. The molecule has 1 N–H and O–H groups in total. The molecule has 2 heterocycles. The number of amides is 1. The molecule has 1 aliphatic carbocycles. The molecule has 9 heteroatoms. The van der Waals surface area contributed by atoms with E-state index < -0.39 is 0 Å². The number of benzene rings is 1. The van der Waals surface area contributed by atoms with Gasteiger partial charge < -0.3 is 14.6 Å². The number of anilines is 1. The van der Waals surface area contributed by atoms with Crippen molar-refractivity contribution in [2.24, 2.45) is 11.3 Å². The second kappa shape index (κ2) is 12.1. The molecule has 2 aromatic heterocycles. The zero-order valence-corrected chi connectivity index (χ0v) is 25.7. The Kier molecular flexibility index (Phi) is 9.07. The van der Waals surface area contributed by atoms with Crippen molar-refractivity contribution >= 4 is 34.0 Å². The van der Waals surface area contributed by atoms with E-state index in [-0.39, 0.29) is 23.2 Å². The van der Waals surface area contributed by atoms with Gasteiger partial charge in [0.1, 0.15) is 16.8 Å². The van der Waals surface area contributed by atoms with Crippen LogP contribution in [0.3, 0.4) is 0 Å². The molecule has 0 aliphatic heterocycles. The normalized spacial score (nSPS) is 15.9. The Bertz CT molecular complexity index is 1380. The van der Waals surface area contributed by atoms with E-state index >= 15 is 0 Å². The molecule has 0 fully saturated rings. The molecule has 0 spiro atoms. The van der Waals surface area contributed by atoms with Gasteiger partial charge in [-0.3, -0.25) is 4.79 Å². The number of thioether (sulfide) groups is 1. The average Bonchev–Trinajstić information content (AvgIpc) is 3.49. The average molecular weight is 566 g/mol. The summed E-state index contributed by atoms with van der Waals surface area (Å²) in [6, 6.07) is 8.40. The van der Waals surface area contributed by atoms with Crippen molar-refractivity contribution < 1.29 is 9.53 Å². The quantitative estimate of drug-likeness (QED) is 0.260. The Morgan fingerprint density at radius 2 is 2.08 bits per heavy atom. The third-order valence-electron chi connectivity index (χ3n) is 8.20. The van der Waals surface area contributed by atoms with Gasteiger partial charge in [-0.15, -0.1) is 21.5 Å². The molecule has 4 rings (SSSR count). The molecule has 0 saturated carbocycles. The predicted octanol–water partition coefficient (Wildman–Crippen LogP) is 7.26. The van der Waals surface area contributed by atoms with Crippen molar-refractivity contribution in [2.45, 2.75) is 92.0 Å². The van der Waals surface area contributed by atoms with E-state index in [0.717, 1.165) is 42.8 Å². The molecule has 39 heavy (non-hydrogen) atoms. The molecule has 1 aromatic carbocycles. The third kappa shape index (κ3) is 6.33. The molecule has 7 nitrogen and oxygen atoms in total. The Balaban J connectivity index is 1.41. The van der Waals surface area contributed by atoms with Gasteiger partial charge in [0.2, 0.25) is 5.91 Å². The van der Waals surface area contributed by atoms with Gasteiger partial charge >= 0.3 is 0 Å². The number of rotatable bonds is 10. The van der Waals surface area contributed by atoms with Crippen LogP contribution < -0.4 is 10.1 Å². The minimum Gasteiger partial charge on any atom is -0.483 e. The first-order chi connectivity index (χ1) is 18.6. The Hall–Kier alpha value is -2.83. The summed E-state index contributed by atoms with van der Waals surface area (Å²) < 4.78 is 8.15. The number of fused-ring (bicyclic) bond motifs is 1. The van der Waals surface area contributed by atoms with Crippen LogP contribution >= 0.6 is 23.1 Å². The van der Waals surface area contributed by atoms with Crippen molar-refractivity contribution in [3.05, 3.63) is 51.2 Å². The highest BCUT2D eigenvalue weighted by atomic mass is 32.2. The maximum atomic E-state index is 13.0. The van der Waals surface area contributed by atoms with Crippen LogP contribution in [0.25, 0.3) is 0 Å². The summed E-state index contributed by atoms with van der Waals surface area (Å²) >= 11 is 2.92. The SMILES string of the molecule is CCn1c(SCC(=O)Nc2sc3c(c2C#N)CCC(C(C)(C)CC)C3)nnc1C(C)Oc1ccc(C)c(C)c1. The van der Waals surface area contributed by atoms with E-state index in [1.807, 2.05) is 36.6 Å². The smallest absolute Gasteiger partial charge is 0.235 e. The molecule has 1 aliphatic rings. The van der Waals surface area contributed by atoms with Crippen LogP contribution in [-0.2, 0) is 24.2 Å². The van der Waals surface area contributed by atoms with Gasteiger partial charge in [0.25, 0.3) is 0 Å². The number of hydrogen-bond donors (Lipinski definition) is 1. The summed E-state index contributed by atoms with van der Waals surface area (Å²) in [7, 11) is 0. The minimum absolute atomic E-state index is 0.146. The molecule has 208 valence electrons. The van der Waals surface area contributed by atoms with Gasteiger partial charge in [0.05, 0.1) is 11.3 Å². The first-order valence-electron chi connectivity index (χ1n) is 13.7. The Morgan fingerprint density at radius 3 is 2.74 bits per heavy atom. The zero-order valence-electron chi connectivity index (χ0n) is 24.1. The van der Waals surface area contributed by atoms with Crippen LogP contribution in [0, 0.1) is 36.5 Å². The lowest BCUT2D eigenvalue weighted by molar-refractivity contribution is -0.113. The van der Waals surface area contributed by atoms with Crippen molar-refractivity contribution in [2.75, 3.05) is 11.1 Å². The number of nitrogens with zero attached hydrogens (tertiary/aromatic N) is 4. The summed E-state index contributed by atoms with van der Waals surface area (Å²) in [5.41, 5.74) is 4.43. The summed E-state index contributed by atoms with van der Waals surface area (Å²) in [6.07, 6.45) is 3.80. The maximum Gasteiger partial charge on any atom is 0.235 e. The molecule has 3 aromatic rings. The fraction of sp³-hybridized carbons (Fsp3) is 0.533. The van der Waals surface area contributed by atoms with E-state index in [1.165, 1.54) is 27.8 Å². The van der Waals surface area contributed by atoms with E-state index in [2.05, 4.69) is 56.2 Å². The summed E-state index contributed by atoms with van der Waals surface area (Å²) in [5.74, 6) is 2.15. The highest BCUT2D eigenvalue weighted by Gasteiger charge is 2.34. The highest BCUT2D eigenvalue weighted by molar-refractivity contribution is 7.99.